The van der Waals surface area contributed by atoms with Crippen molar-refractivity contribution in [2.45, 2.75) is 30.5 Å². The predicted molar refractivity (Wildman–Crippen MR) is 78.9 cm³/mol. The van der Waals surface area contributed by atoms with Gasteiger partial charge >= 0.3 is 0 Å². The van der Waals surface area contributed by atoms with E-state index in [1.807, 2.05) is 24.4 Å². The number of nitrogen functional groups attached to an aromatic ring is 1. The van der Waals surface area contributed by atoms with Gasteiger partial charge in [-0.2, -0.15) is 0 Å². The second-order valence-corrected chi connectivity index (χ2v) is 7.94. The summed E-state index contributed by atoms with van der Waals surface area (Å²) in [5, 5.41) is 2.20. The lowest BCUT2D eigenvalue weighted by atomic mass is 10.2. The lowest BCUT2D eigenvalue weighted by molar-refractivity contribution is 0.554. The number of thiophene rings is 1. The number of thiazole rings is 1. The van der Waals surface area contributed by atoms with Crippen LogP contribution in [0.5, 0.6) is 0 Å². The van der Waals surface area contributed by atoms with Gasteiger partial charge in [0.2, 0.25) is 0 Å². The topological polar surface area (TPSA) is 85.1 Å². The van der Waals surface area contributed by atoms with Crippen LogP contribution in [-0.4, -0.2) is 13.4 Å². The van der Waals surface area contributed by atoms with Crippen LogP contribution in [-0.2, 0) is 10.0 Å². The Bertz CT molecular complexity index is 647. The maximum Gasteiger partial charge on any atom is 0.252 e. The highest BCUT2D eigenvalue weighted by molar-refractivity contribution is 7.91. The molecule has 1 atom stereocenters. The van der Waals surface area contributed by atoms with Crippen molar-refractivity contribution in [1.29, 1.82) is 0 Å². The van der Waals surface area contributed by atoms with Gasteiger partial charge in [-0.1, -0.05) is 24.3 Å². The quantitative estimate of drug-likeness (QED) is 0.887. The summed E-state index contributed by atoms with van der Waals surface area (Å²) in [6, 6.07) is 3.62. The minimum absolute atomic E-state index is 0.194. The first-order chi connectivity index (χ1) is 8.94. The highest BCUT2D eigenvalue weighted by atomic mass is 32.2. The van der Waals surface area contributed by atoms with Crippen molar-refractivity contribution in [2.24, 2.45) is 0 Å². The predicted octanol–water partition coefficient (Wildman–Crippen LogP) is 2.52. The van der Waals surface area contributed by atoms with Crippen molar-refractivity contribution in [3.63, 3.8) is 0 Å². The number of sulfonamides is 1. The summed E-state index contributed by atoms with van der Waals surface area (Å²) >= 11 is 2.53. The van der Waals surface area contributed by atoms with E-state index in [1.54, 1.807) is 6.92 Å². The SMILES string of the molecule is CCC(NS(=O)(=O)c1sc(N)nc1C)c1cccs1. The van der Waals surface area contributed by atoms with Gasteiger partial charge in [0.1, 0.15) is 0 Å². The Labute approximate surface area is 120 Å². The molecule has 0 aliphatic rings. The van der Waals surface area contributed by atoms with Crippen LogP contribution in [0.2, 0.25) is 0 Å². The van der Waals surface area contributed by atoms with Crippen LogP contribution < -0.4 is 10.5 Å². The molecule has 19 heavy (non-hydrogen) atoms. The molecule has 0 aliphatic heterocycles. The van der Waals surface area contributed by atoms with Gasteiger partial charge in [0.15, 0.2) is 9.34 Å². The molecule has 0 saturated heterocycles. The summed E-state index contributed by atoms with van der Waals surface area (Å²) in [6.45, 7) is 3.59. The van der Waals surface area contributed by atoms with Gasteiger partial charge in [-0.25, -0.2) is 18.1 Å². The van der Waals surface area contributed by atoms with Crippen LogP contribution >= 0.6 is 22.7 Å². The third kappa shape index (κ3) is 3.14. The molecule has 104 valence electrons. The van der Waals surface area contributed by atoms with E-state index < -0.39 is 10.0 Å². The van der Waals surface area contributed by atoms with E-state index in [0.717, 1.165) is 16.2 Å². The smallest absolute Gasteiger partial charge is 0.252 e. The maximum atomic E-state index is 12.3. The molecule has 0 aliphatic carbocycles. The fourth-order valence-corrected chi connectivity index (χ4v) is 5.28. The molecule has 5 nitrogen and oxygen atoms in total. The number of nitrogens with one attached hydrogen (secondary N) is 1. The van der Waals surface area contributed by atoms with Crippen molar-refractivity contribution >= 4 is 37.8 Å². The van der Waals surface area contributed by atoms with E-state index in [0.29, 0.717) is 12.1 Å². The zero-order valence-corrected chi connectivity index (χ0v) is 13.0. The van der Waals surface area contributed by atoms with Gasteiger partial charge in [0.05, 0.1) is 11.7 Å². The Morgan fingerprint density at radius 1 is 1.53 bits per heavy atom. The number of hydrogen-bond donors (Lipinski definition) is 2. The van der Waals surface area contributed by atoms with Gasteiger partial charge in [-0.15, -0.1) is 11.3 Å². The van der Waals surface area contributed by atoms with Crippen LogP contribution in [0.25, 0.3) is 0 Å². The minimum Gasteiger partial charge on any atom is -0.375 e. The molecular weight excluding hydrogens is 302 g/mol. The van der Waals surface area contributed by atoms with Gasteiger partial charge in [-0.05, 0) is 24.8 Å². The molecule has 2 rings (SSSR count). The lowest BCUT2D eigenvalue weighted by Crippen LogP contribution is -2.27. The number of hydrogen-bond acceptors (Lipinski definition) is 6. The summed E-state index contributed by atoms with van der Waals surface area (Å²) < 4.78 is 27.6. The molecule has 2 aromatic rings. The molecule has 0 spiro atoms. The second kappa shape index (κ2) is 5.58. The molecule has 0 saturated carbocycles. The average Bonchev–Trinajstić information content (AvgIpc) is 2.96. The third-order valence-electron chi connectivity index (χ3n) is 2.61. The monoisotopic (exact) mass is 317 g/mol. The van der Waals surface area contributed by atoms with Crippen LogP contribution in [0.3, 0.4) is 0 Å². The van der Waals surface area contributed by atoms with Crippen molar-refractivity contribution in [3.8, 4) is 0 Å². The molecule has 8 heteroatoms. The van der Waals surface area contributed by atoms with E-state index in [1.165, 1.54) is 11.3 Å². The molecule has 0 aromatic carbocycles. The fraction of sp³-hybridized carbons (Fsp3) is 0.364. The Morgan fingerprint density at radius 2 is 2.26 bits per heavy atom. The first-order valence-corrected chi connectivity index (χ1v) is 8.90. The number of rotatable bonds is 5. The van der Waals surface area contributed by atoms with Gasteiger partial charge in [-0.3, -0.25) is 0 Å². The highest BCUT2D eigenvalue weighted by Gasteiger charge is 2.25. The van der Waals surface area contributed by atoms with Crippen LogP contribution in [0, 0.1) is 6.92 Å². The zero-order valence-electron chi connectivity index (χ0n) is 10.6. The summed E-state index contributed by atoms with van der Waals surface area (Å²) in [5.74, 6) is 0. The first-order valence-electron chi connectivity index (χ1n) is 5.72. The van der Waals surface area contributed by atoms with Gasteiger partial charge in [0, 0.05) is 4.88 Å². The summed E-state index contributed by atoms with van der Waals surface area (Å²) in [5.41, 5.74) is 5.99. The molecule has 0 fully saturated rings. The van der Waals surface area contributed by atoms with Crippen molar-refractivity contribution in [1.82, 2.24) is 9.71 Å². The summed E-state index contributed by atoms with van der Waals surface area (Å²) in [7, 11) is -3.57. The molecule has 0 bridgehead atoms. The lowest BCUT2D eigenvalue weighted by Gasteiger charge is -2.14. The molecule has 3 N–H and O–H groups in total. The molecule has 2 heterocycles. The van der Waals surface area contributed by atoms with Crippen LogP contribution in [0.1, 0.15) is 30.0 Å². The maximum absolute atomic E-state index is 12.3. The summed E-state index contributed by atoms with van der Waals surface area (Å²) in [4.78, 5) is 4.95. The van der Waals surface area contributed by atoms with Crippen molar-refractivity contribution in [3.05, 3.63) is 28.1 Å². The molecule has 0 amide bonds. The van der Waals surface area contributed by atoms with Gasteiger partial charge in [0.25, 0.3) is 10.0 Å². The van der Waals surface area contributed by atoms with E-state index >= 15 is 0 Å². The van der Waals surface area contributed by atoms with E-state index in [9.17, 15) is 8.42 Å². The normalized spacial score (nSPS) is 13.6. The average molecular weight is 317 g/mol. The molecule has 2 aromatic heterocycles. The van der Waals surface area contributed by atoms with Crippen molar-refractivity contribution < 1.29 is 8.42 Å². The minimum atomic E-state index is -3.57. The zero-order chi connectivity index (χ0) is 14.0. The number of nitrogens with zero attached hydrogens (tertiary/aromatic N) is 1. The van der Waals surface area contributed by atoms with Crippen LogP contribution in [0.4, 0.5) is 5.13 Å². The Hall–Kier alpha value is -0.960. The number of aromatic nitrogens is 1. The van der Waals surface area contributed by atoms with Crippen LogP contribution in [0.15, 0.2) is 21.7 Å². The number of aryl methyl sites for hydroxylation is 1. The highest BCUT2D eigenvalue weighted by Crippen LogP contribution is 2.28. The third-order valence-corrected chi connectivity index (χ3v) is 6.66. The van der Waals surface area contributed by atoms with Gasteiger partial charge < -0.3 is 5.73 Å². The Morgan fingerprint density at radius 3 is 2.74 bits per heavy atom. The molecule has 0 radical (unpaired) electrons. The largest absolute Gasteiger partial charge is 0.375 e. The fourth-order valence-electron chi connectivity index (χ4n) is 1.72. The second-order valence-electron chi connectivity index (χ2n) is 4.02. The first kappa shape index (κ1) is 14.4. The molecular formula is C11H15N3O2S3. The summed E-state index contributed by atoms with van der Waals surface area (Å²) in [6.07, 6.45) is 0.688. The number of nitrogens with two attached hydrogens (primary N) is 1. The number of anilines is 1. The van der Waals surface area contributed by atoms with Crippen molar-refractivity contribution in [2.75, 3.05) is 5.73 Å². The Kier molecular flexibility index (Phi) is 4.24. The standard InChI is InChI=1S/C11H15N3O2S3/c1-3-8(9-5-4-6-17-9)14-19(15,16)10-7(2)13-11(12)18-10/h4-6,8,14H,3H2,1-2H3,(H2,12,13). The molecule has 1 unspecified atom stereocenters. The van der Waals surface area contributed by atoms with E-state index in [-0.39, 0.29) is 15.4 Å². The van der Waals surface area contributed by atoms with E-state index in [4.69, 9.17) is 5.73 Å². The van der Waals surface area contributed by atoms with E-state index in [2.05, 4.69) is 9.71 Å². The Balaban J connectivity index is 2.28.